The highest BCUT2D eigenvalue weighted by Gasteiger charge is 2.40. The average Bonchev–Trinajstić information content (AvgIpc) is 2.76. The van der Waals surface area contributed by atoms with E-state index in [2.05, 4.69) is 85.5 Å². The Hall–Kier alpha value is -1.60. The molecule has 0 unspecified atom stereocenters. The van der Waals surface area contributed by atoms with Crippen molar-refractivity contribution in [2.24, 2.45) is 0 Å². The molecular weight excluding hydrogens is 244 g/mol. The van der Waals surface area contributed by atoms with Crippen molar-refractivity contribution in [3.05, 3.63) is 83.6 Å². The van der Waals surface area contributed by atoms with Crippen LogP contribution in [0, 0.1) is 0 Å². The summed E-state index contributed by atoms with van der Waals surface area (Å²) in [6, 6.07) is 22.0. The lowest BCUT2D eigenvalue weighted by Crippen LogP contribution is -2.32. The van der Waals surface area contributed by atoms with Crippen molar-refractivity contribution in [2.45, 2.75) is 24.6 Å². The van der Waals surface area contributed by atoms with Gasteiger partial charge in [-0.15, -0.1) is 0 Å². The summed E-state index contributed by atoms with van der Waals surface area (Å²) in [5.41, 5.74) is 6.13. The first-order chi connectivity index (χ1) is 9.18. The SMILES string of the molecule is C[Si]1(C)C=C[C@@H](c2ccccc2)[C@@H]1c1ccccc1. The molecule has 1 aliphatic rings. The molecule has 19 heavy (non-hydrogen) atoms. The molecule has 3 rings (SSSR count). The van der Waals surface area contributed by atoms with Gasteiger partial charge in [0.15, 0.2) is 0 Å². The van der Waals surface area contributed by atoms with Gasteiger partial charge in [-0.25, -0.2) is 0 Å². The maximum atomic E-state index is 2.52. The van der Waals surface area contributed by atoms with Crippen LogP contribution in [0.25, 0.3) is 0 Å². The summed E-state index contributed by atoms with van der Waals surface area (Å²) in [6.45, 7) is 4.95. The molecule has 2 aromatic rings. The zero-order valence-corrected chi connectivity index (χ0v) is 12.6. The van der Waals surface area contributed by atoms with Gasteiger partial charge in [0.25, 0.3) is 0 Å². The predicted molar refractivity (Wildman–Crippen MR) is 85.0 cm³/mol. The van der Waals surface area contributed by atoms with Gasteiger partial charge >= 0.3 is 0 Å². The standard InChI is InChI=1S/C18H20Si/c1-19(2)14-13-17(15-9-5-3-6-10-15)18(19)16-11-7-4-8-12-16/h3-14,17-18H,1-2H3/t17-,18-/m0/s1. The van der Waals surface area contributed by atoms with Gasteiger partial charge in [-0.3, -0.25) is 0 Å². The normalized spacial score (nSPS) is 24.5. The Balaban J connectivity index is 2.04. The molecule has 2 atom stereocenters. The lowest BCUT2D eigenvalue weighted by molar-refractivity contribution is 0.797. The molecule has 0 radical (unpaired) electrons. The summed E-state index contributed by atoms with van der Waals surface area (Å²) < 4.78 is 0. The molecule has 0 saturated heterocycles. The van der Waals surface area contributed by atoms with Gasteiger partial charge in [-0.05, 0) is 16.7 Å². The zero-order valence-electron chi connectivity index (χ0n) is 11.6. The molecule has 1 heteroatoms. The Kier molecular flexibility index (Phi) is 3.15. The number of rotatable bonds is 2. The first-order valence-corrected chi connectivity index (χ1v) is 10.1. The van der Waals surface area contributed by atoms with Crippen molar-refractivity contribution in [1.29, 1.82) is 0 Å². The first-order valence-electron chi connectivity index (χ1n) is 6.98. The minimum atomic E-state index is -1.34. The molecule has 0 N–H and O–H groups in total. The second kappa shape index (κ2) is 4.82. The van der Waals surface area contributed by atoms with E-state index < -0.39 is 8.07 Å². The summed E-state index contributed by atoms with van der Waals surface area (Å²) >= 11 is 0. The molecule has 1 heterocycles. The van der Waals surface area contributed by atoms with Crippen LogP contribution in [-0.4, -0.2) is 8.07 Å². The maximum absolute atomic E-state index is 2.52. The van der Waals surface area contributed by atoms with Crippen LogP contribution in [0.3, 0.4) is 0 Å². The minimum absolute atomic E-state index is 0.547. The molecule has 96 valence electrons. The lowest BCUT2D eigenvalue weighted by atomic mass is 9.92. The van der Waals surface area contributed by atoms with Gasteiger partial charge in [-0.1, -0.05) is 85.5 Å². The van der Waals surface area contributed by atoms with E-state index in [4.69, 9.17) is 0 Å². The Bertz CT molecular complexity index is 569. The first kappa shape index (κ1) is 12.4. The van der Waals surface area contributed by atoms with Crippen LogP contribution >= 0.6 is 0 Å². The highest BCUT2D eigenvalue weighted by Crippen LogP contribution is 2.45. The van der Waals surface area contributed by atoms with E-state index in [1.165, 1.54) is 11.1 Å². The highest BCUT2D eigenvalue weighted by atomic mass is 28.3. The topological polar surface area (TPSA) is 0 Å². The second-order valence-corrected chi connectivity index (χ2v) is 10.6. The van der Waals surface area contributed by atoms with Crippen molar-refractivity contribution in [1.82, 2.24) is 0 Å². The fourth-order valence-corrected chi connectivity index (χ4v) is 6.50. The Labute approximate surface area is 116 Å². The molecule has 0 fully saturated rings. The second-order valence-electron chi connectivity index (χ2n) is 6.01. The molecule has 0 aromatic heterocycles. The minimum Gasteiger partial charge on any atom is -0.0974 e. The highest BCUT2D eigenvalue weighted by molar-refractivity contribution is 6.84. The molecule has 0 spiro atoms. The van der Waals surface area contributed by atoms with Gasteiger partial charge in [0.05, 0.1) is 8.07 Å². The van der Waals surface area contributed by atoms with E-state index in [1.54, 1.807) is 0 Å². The van der Waals surface area contributed by atoms with Crippen molar-refractivity contribution in [3.63, 3.8) is 0 Å². The predicted octanol–water partition coefficient (Wildman–Crippen LogP) is 4.91. The average molecular weight is 264 g/mol. The van der Waals surface area contributed by atoms with E-state index in [1.807, 2.05) is 0 Å². The Morgan fingerprint density at radius 2 is 1.26 bits per heavy atom. The third-order valence-electron chi connectivity index (χ3n) is 4.24. The van der Waals surface area contributed by atoms with E-state index in [9.17, 15) is 0 Å². The molecule has 2 aromatic carbocycles. The van der Waals surface area contributed by atoms with Crippen LogP contribution in [0.4, 0.5) is 0 Å². The third kappa shape index (κ3) is 2.31. The van der Waals surface area contributed by atoms with Crippen LogP contribution in [0.5, 0.6) is 0 Å². The van der Waals surface area contributed by atoms with E-state index >= 15 is 0 Å². The fraction of sp³-hybridized carbons (Fsp3) is 0.222. The summed E-state index contributed by atoms with van der Waals surface area (Å²) in [5, 5.41) is 0. The van der Waals surface area contributed by atoms with Gasteiger partial charge in [0.1, 0.15) is 0 Å². The molecule has 0 saturated carbocycles. The van der Waals surface area contributed by atoms with Gasteiger partial charge in [-0.2, -0.15) is 0 Å². The molecular formula is C18H20Si. The molecule has 0 aliphatic carbocycles. The van der Waals surface area contributed by atoms with Crippen molar-refractivity contribution in [3.8, 4) is 0 Å². The van der Waals surface area contributed by atoms with Crippen molar-refractivity contribution >= 4 is 8.07 Å². The third-order valence-corrected chi connectivity index (χ3v) is 7.58. The van der Waals surface area contributed by atoms with Gasteiger partial charge < -0.3 is 0 Å². The maximum Gasteiger partial charge on any atom is 0.0797 e. The smallest absolute Gasteiger partial charge is 0.0797 e. The number of allylic oxidation sites excluding steroid dienone is 1. The summed E-state index contributed by atoms with van der Waals surface area (Å²) in [7, 11) is -1.34. The summed E-state index contributed by atoms with van der Waals surface area (Å²) in [4.78, 5) is 0. The van der Waals surface area contributed by atoms with Crippen LogP contribution in [0.2, 0.25) is 13.1 Å². The van der Waals surface area contributed by atoms with Crippen molar-refractivity contribution in [2.75, 3.05) is 0 Å². The quantitative estimate of drug-likeness (QED) is 0.676. The van der Waals surface area contributed by atoms with Crippen LogP contribution in [-0.2, 0) is 0 Å². The monoisotopic (exact) mass is 264 g/mol. The van der Waals surface area contributed by atoms with Gasteiger partial charge in [0.2, 0.25) is 0 Å². The molecule has 0 nitrogen and oxygen atoms in total. The van der Waals surface area contributed by atoms with Crippen LogP contribution in [0.1, 0.15) is 22.6 Å². The van der Waals surface area contributed by atoms with Crippen LogP contribution < -0.4 is 0 Å². The van der Waals surface area contributed by atoms with E-state index in [-0.39, 0.29) is 0 Å². The van der Waals surface area contributed by atoms with E-state index in [0.717, 1.165) is 0 Å². The molecule has 1 aliphatic heterocycles. The fourth-order valence-electron chi connectivity index (χ4n) is 3.31. The number of benzene rings is 2. The van der Waals surface area contributed by atoms with Gasteiger partial charge in [0, 0.05) is 5.92 Å². The summed E-state index contributed by atoms with van der Waals surface area (Å²) in [6.07, 6.45) is 2.44. The largest absolute Gasteiger partial charge is 0.0974 e. The number of hydrogen-bond acceptors (Lipinski definition) is 0. The molecule has 0 amide bonds. The Morgan fingerprint density at radius 3 is 1.84 bits per heavy atom. The molecule has 0 bridgehead atoms. The lowest BCUT2D eigenvalue weighted by Gasteiger charge is -2.30. The zero-order chi connectivity index (χ0) is 13.3. The van der Waals surface area contributed by atoms with Crippen LogP contribution in [0.15, 0.2) is 72.4 Å². The number of hydrogen-bond donors (Lipinski definition) is 0. The summed E-state index contributed by atoms with van der Waals surface area (Å²) in [5.74, 6) is 0.547. The Morgan fingerprint density at radius 1 is 0.737 bits per heavy atom. The van der Waals surface area contributed by atoms with E-state index in [0.29, 0.717) is 11.5 Å². The van der Waals surface area contributed by atoms with Crippen molar-refractivity contribution < 1.29 is 0 Å².